The number of hydrogen-bond donors (Lipinski definition) is 1. The van der Waals surface area contributed by atoms with Crippen LogP contribution in [0.5, 0.6) is 0 Å². The van der Waals surface area contributed by atoms with Crippen molar-refractivity contribution in [3.63, 3.8) is 0 Å². The quantitative estimate of drug-likeness (QED) is 0.876. The fourth-order valence-electron chi connectivity index (χ4n) is 2.33. The zero-order valence-corrected chi connectivity index (χ0v) is 12.2. The van der Waals surface area contributed by atoms with Crippen LogP contribution in [0.3, 0.4) is 0 Å². The number of hydrogen-bond acceptors (Lipinski definition) is 4. The number of sulfonamides is 1. The molecule has 1 aliphatic rings. The van der Waals surface area contributed by atoms with Crippen LogP contribution < -0.4 is 0 Å². The molecule has 2 rings (SSSR count). The highest BCUT2D eigenvalue weighted by Gasteiger charge is 2.25. The van der Waals surface area contributed by atoms with E-state index in [0.717, 1.165) is 0 Å². The van der Waals surface area contributed by atoms with Crippen molar-refractivity contribution in [3.8, 4) is 0 Å². The summed E-state index contributed by atoms with van der Waals surface area (Å²) >= 11 is 0. The second kappa shape index (κ2) is 6.17. The number of benzene rings is 1. The van der Waals surface area contributed by atoms with Crippen LogP contribution in [-0.4, -0.2) is 61.7 Å². The Morgan fingerprint density at radius 2 is 1.85 bits per heavy atom. The fraction of sp³-hybridized carbons (Fsp3) is 0.538. The average Bonchev–Trinajstić information content (AvgIpc) is 2.38. The topological polar surface area (TPSA) is 60.9 Å². The lowest BCUT2D eigenvalue weighted by atomic mass is 10.1. The van der Waals surface area contributed by atoms with Crippen LogP contribution >= 0.6 is 0 Å². The summed E-state index contributed by atoms with van der Waals surface area (Å²) in [7, 11) is -3.15. The highest BCUT2D eigenvalue weighted by atomic mass is 32.2. The molecule has 0 saturated carbocycles. The molecule has 1 aromatic carbocycles. The van der Waals surface area contributed by atoms with E-state index in [0.29, 0.717) is 32.7 Å². The fourth-order valence-corrected chi connectivity index (χ4v) is 3.16. The van der Waals surface area contributed by atoms with Crippen molar-refractivity contribution in [1.82, 2.24) is 9.21 Å². The van der Waals surface area contributed by atoms with Gasteiger partial charge in [0.25, 0.3) is 0 Å². The Kier molecular flexibility index (Phi) is 4.74. The number of piperazine rings is 1. The number of rotatable bonds is 4. The highest BCUT2D eigenvalue weighted by Crippen LogP contribution is 2.18. The summed E-state index contributed by atoms with van der Waals surface area (Å²) in [5, 5.41) is 10.1. The Morgan fingerprint density at radius 3 is 2.40 bits per heavy atom. The number of aliphatic hydroxyl groups is 1. The Labute approximate surface area is 118 Å². The van der Waals surface area contributed by atoms with Crippen LogP contribution in [-0.2, 0) is 10.0 Å². The predicted octanol–water partition coefficient (Wildman–Crippen LogP) is 0.436. The molecule has 112 valence electrons. The van der Waals surface area contributed by atoms with Gasteiger partial charge >= 0.3 is 0 Å². The highest BCUT2D eigenvalue weighted by molar-refractivity contribution is 7.88. The molecule has 0 bridgehead atoms. The molecular weight excluding hydrogens is 283 g/mol. The summed E-state index contributed by atoms with van der Waals surface area (Å²) in [5.74, 6) is -0.422. The predicted molar refractivity (Wildman–Crippen MR) is 74.2 cm³/mol. The van der Waals surface area contributed by atoms with Crippen molar-refractivity contribution in [1.29, 1.82) is 0 Å². The Hall–Kier alpha value is -1.02. The lowest BCUT2D eigenvalue weighted by molar-refractivity contribution is 0.0900. The first kappa shape index (κ1) is 15.4. The lowest BCUT2D eigenvalue weighted by Crippen LogP contribution is -2.49. The molecule has 1 N–H and O–H groups in total. The molecule has 20 heavy (non-hydrogen) atoms. The molecule has 0 radical (unpaired) electrons. The molecule has 0 spiro atoms. The van der Waals surface area contributed by atoms with Gasteiger partial charge in [-0.15, -0.1) is 0 Å². The standard InChI is InChI=1S/C13H19FN2O3S/c1-20(18,19)16-8-6-15(7-9-16)10-13(17)11-4-2-3-5-12(11)14/h2-5,13,17H,6-10H2,1H3. The van der Waals surface area contributed by atoms with Gasteiger partial charge in [0.2, 0.25) is 10.0 Å². The van der Waals surface area contributed by atoms with Crippen LogP contribution in [0.2, 0.25) is 0 Å². The number of halogens is 1. The van der Waals surface area contributed by atoms with Gasteiger partial charge in [0, 0.05) is 38.3 Å². The molecule has 1 saturated heterocycles. The zero-order chi connectivity index (χ0) is 14.8. The molecule has 0 amide bonds. The van der Waals surface area contributed by atoms with Gasteiger partial charge in [-0.1, -0.05) is 18.2 Å². The second-order valence-electron chi connectivity index (χ2n) is 5.00. The lowest BCUT2D eigenvalue weighted by Gasteiger charge is -2.34. The van der Waals surface area contributed by atoms with Crippen molar-refractivity contribution >= 4 is 10.0 Å². The molecule has 7 heteroatoms. The van der Waals surface area contributed by atoms with Crippen LogP contribution in [0.15, 0.2) is 24.3 Å². The Morgan fingerprint density at radius 1 is 1.25 bits per heavy atom. The maximum absolute atomic E-state index is 13.5. The summed E-state index contributed by atoms with van der Waals surface area (Å²) < 4.78 is 37.7. The SMILES string of the molecule is CS(=O)(=O)N1CCN(CC(O)c2ccccc2F)CC1. The molecule has 1 heterocycles. The van der Waals surface area contributed by atoms with Crippen LogP contribution in [0.25, 0.3) is 0 Å². The van der Waals surface area contributed by atoms with Gasteiger partial charge in [0.05, 0.1) is 12.4 Å². The first-order valence-electron chi connectivity index (χ1n) is 6.48. The van der Waals surface area contributed by atoms with Gasteiger partial charge < -0.3 is 5.11 Å². The maximum Gasteiger partial charge on any atom is 0.211 e. The molecule has 5 nitrogen and oxygen atoms in total. The normalized spacial score (nSPS) is 19.9. The molecular formula is C13H19FN2O3S. The minimum atomic E-state index is -3.15. The van der Waals surface area contributed by atoms with Gasteiger partial charge in [-0.25, -0.2) is 12.8 Å². The summed E-state index contributed by atoms with van der Waals surface area (Å²) in [6, 6.07) is 6.15. The van der Waals surface area contributed by atoms with Gasteiger partial charge in [0.15, 0.2) is 0 Å². The van der Waals surface area contributed by atoms with Crippen LogP contribution in [0.1, 0.15) is 11.7 Å². The van der Waals surface area contributed by atoms with Gasteiger partial charge in [0.1, 0.15) is 5.82 Å². The average molecular weight is 302 g/mol. The number of nitrogens with zero attached hydrogens (tertiary/aromatic N) is 2. The monoisotopic (exact) mass is 302 g/mol. The molecule has 1 aromatic rings. The van der Waals surface area contributed by atoms with E-state index in [1.807, 2.05) is 4.90 Å². The van der Waals surface area contributed by atoms with E-state index in [4.69, 9.17) is 0 Å². The Balaban J connectivity index is 1.91. The van der Waals surface area contributed by atoms with E-state index < -0.39 is 21.9 Å². The minimum absolute atomic E-state index is 0.276. The molecule has 1 fully saturated rings. The van der Waals surface area contributed by atoms with Crippen molar-refractivity contribution in [2.24, 2.45) is 0 Å². The van der Waals surface area contributed by atoms with Gasteiger partial charge in [-0.2, -0.15) is 4.31 Å². The van der Waals surface area contributed by atoms with E-state index in [1.54, 1.807) is 18.2 Å². The van der Waals surface area contributed by atoms with Crippen molar-refractivity contribution in [3.05, 3.63) is 35.6 Å². The summed E-state index contributed by atoms with van der Waals surface area (Å²) in [6.07, 6.45) is 0.289. The maximum atomic E-state index is 13.5. The molecule has 0 aromatic heterocycles. The summed E-state index contributed by atoms with van der Waals surface area (Å²) in [4.78, 5) is 1.94. The summed E-state index contributed by atoms with van der Waals surface area (Å²) in [5.41, 5.74) is 0.276. The third-order valence-corrected chi connectivity index (χ3v) is 4.80. The van der Waals surface area contributed by atoms with Gasteiger partial charge in [-0.3, -0.25) is 4.90 Å². The van der Waals surface area contributed by atoms with Crippen molar-refractivity contribution < 1.29 is 17.9 Å². The van der Waals surface area contributed by atoms with Crippen molar-refractivity contribution in [2.75, 3.05) is 39.0 Å². The smallest absolute Gasteiger partial charge is 0.211 e. The van der Waals surface area contributed by atoms with Crippen LogP contribution in [0.4, 0.5) is 4.39 Å². The largest absolute Gasteiger partial charge is 0.387 e. The molecule has 1 atom stereocenters. The minimum Gasteiger partial charge on any atom is -0.387 e. The van der Waals surface area contributed by atoms with E-state index in [-0.39, 0.29) is 5.56 Å². The third-order valence-electron chi connectivity index (χ3n) is 3.50. The van der Waals surface area contributed by atoms with Gasteiger partial charge in [-0.05, 0) is 6.07 Å². The molecule has 1 unspecified atom stereocenters. The summed E-state index contributed by atoms with van der Waals surface area (Å²) in [6.45, 7) is 2.20. The Bertz CT molecular complexity index is 556. The second-order valence-corrected chi connectivity index (χ2v) is 6.98. The molecule has 1 aliphatic heterocycles. The van der Waals surface area contributed by atoms with Crippen LogP contribution in [0, 0.1) is 5.82 Å². The van der Waals surface area contributed by atoms with E-state index in [1.165, 1.54) is 16.6 Å². The van der Waals surface area contributed by atoms with E-state index in [9.17, 15) is 17.9 Å². The number of aliphatic hydroxyl groups excluding tert-OH is 1. The van der Waals surface area contributed by atoms with E-state index in [2.05, 4.69) is 0 Å². The van der Waals surface area contributed by atoms with E-state index >= 15 is 0 Å². The zero-order valence-electron chi connectivity index (χ0n) is 11.4. The first-order chi connectivity index (χ1) is 9.38. The number of β-amino-alcohol motifs (C(OH)–C–C–N with tert-alkyl or cyclic N) is 1. The molecule has 0 aliphatic carbocycles. The van der Waals surface area contributed by atoms with Crippen molar-refractivity contribution in [2.45, 2.75) is 6.10 Å². The first-order valence-corrected chi connectivity index (χ1v) is 8.33. The third kappa shape index (κ3) is 3.76.